The number of likely N-dealkylation sites (tertiary alicyclic amines) is 1. The lowest BCUT2D eigenvalue weighted by Crippen LogP contribution is -2.50. The fraction of sp³-hybridized carbons (Fsp3) is 0.900. The molecule has 0 aliphatic carbocycles. The molecule has 2 aliphatic heterocycles. The van der Waals surface area contributed by atoms with Gasteiger partial charge in [-0.25, -0.2) is 0 Å². The van der Waals surface area contributed by atoms with Crippen molar-refractivity contribution < 1.29 is 4.79 Å². The summed E-state index contributed by atoms with van der Waals surface area (Å²) < 4.78 is 0. The third-order valence-corrected chi connectivity index (χ3v) is 4.04. The van der Waals surface area contributed by atoms with Crippen LogP contribution in [0.4, 0.5) is 0 Å². The third kappa shape index (κ3) is 3.02. The van der Waals surface area contributed by atoms with E-state index in [-0.39, 0.29) is 18.4 Å². The van der Waals surface area contributed by atoms with Crippen LogP contribution in [0.25, 0.3) is 0 Å². The Balaban J connectivity index is 0.00000112. The van der Waals surface area contributed by atoms with Crippen molar-refractivity contribution in [2.45, 2.75) is 38.3 Å². The van der Waals surface area contributed by atoms with E-state index in [0.717, 1.165) is 18.2 Å². The molecule has 1 N–H and O–H groups in total. The van der Waals surface area contributed by atoms with Crippen LogP contribution < -0.4 is 5.32 Å². The molecule has 2 aliphatic rings. The van der Waals surface area contributed by atoms with Gasteiger partial charge >= 0.3 is 0 Å². The molecule has 2 atom stereocenters. The van der Waals surface area contributed by atoms with Gasteiger partial charge in [0.2, 0.25) is 5.91 Å². The van der Waals surface area contributed by atoms with Crippen molar-refractivity contribution in [1.82, 2.24) is 10.2 Å². The zero-order chi connectivity index (χ0) is 9.97. The highest BCUT2D eigenvalue weighted by molar-refractivity contribution is 7.99. The first-order valence-corrected chi connectivity index (χ1v) is 6.56. The maximum atomic E-state index is 12.1. The van der Waals surface area contributed by atoms with Gasteiger partial charge in [0, 0.05) is 24.2 Å². The number of rotatable bonds is 1. The fourth-order valence-corrected chi connectivity index (χ4v) is 3.11. The lowest BCUT2D eigenvalue weighted by molar-refractivity contribution is -0.135. The van der Waals surface area contributed by atoms with E-state index in [0.29, 0.717) is 11.9 Å². The molecule has 1 amide bonds. The molecule has 0 saturated carbocycles. The number of nitrogens with one attached hydrogen (secondary N) is 1. The monoisotopic (exact) mass is 250 g/mol. The molecule has 88 valence electrons. The molecule has 2 saturated heterocycles. The van der Waals surface area contributed by atoms with E-state index in [9.17, 15) is 4.79 Å². The Labute approximate surface area is 102 Å². The summed E-state index contributed by atoms with van der Waals surface area (Å²) in [6.07, 6.45) is 3.62. The van der Waals surface area contributed by atoms with Gasteiger partial charge in [-0.15, -0.1) is 24.2 Å². The van der Waals surface area contributed by atoms with Crippen LogP contribution in [0, 0.1) is 0 Å². The molecule has 2 rings (SSSR count). The number of carbonyl (C=O) groups excluding carboxylic acids is 1. The Hall–Kier alpha value is 0.0700. The average Bonchev–Trinajstić information content (AvgIpc) is 2.70. The van der Waals surface area contributed by atoms with Gasteiger partial charge in [-0.05, 0) is 26.2 Å². The van der Waals surface area contributed by atoms with Gasteiger partial charge in [-0.1, -0.05) is 0 Å². The molecule has 0 radical (unpaired) electrons. The summed E-state index contributed by atoms with van der Waals surface area (Å²) in [5, 5.41) is 3.25. The Morgan fingerprint density at radius 1 is 1.47 bits per heavy atom. The molecule has 0 aromatic carbocycles. The number of hydrogen-bond donors (Lipinski definition) is 1. The minimum Gasteiger partial charge on any atom is -0.339 e. The van der Waals surface area contributed by atoms with Gasteiger partial charge in [0.15, 0.2) is 0 Å². The quantitative estimate of drug-likeness (QED) is 0.765. The van der Waals surface area contributed by atoms with Crippen LogP contribution in [0.1, 0.15) is 26.2 Å². The van der Waals surface area contributed by atoms with Gasteiger partial charge in [0.25, 0.3) is 0 Å². The highest BCUT2D eigenvalue weighted by atomic mass is 35.5. The fourth-order valence-electron chi connectivity index (χ4n) is 2.18. The first-order chi connectivity index (χ1) is 6.79. The molecule has 0 spiro atoms. The van der Waals surface area contributed by atoms with Crippen LogP contribution in [-0.2, 0) is 4.79 Å². The summed E-state index contributed by atoms with van der Waals surface area (Å²) in [6.45, 7) is 3.13. The zero-order valence-corrected chi connectivity index (χ0v) is 10.7. The highest BCUT2D eigenvalue weighted by Gasteiger charge is 2.30. The number of piperidine rings is 1. The van der Waals surface area contributed by atoms with E-state index < -0.39 is 0 Å². The number of hydrogen-bond acceptors (Lipinski definition) is 3. The van der Waals surface area contributed by atoms with E-state index in [2.05, 4.69) is 17.1 Å². The van der Waals surface area contributed by atoms with Crippen LogP contribution in [-0.4, -0.2) is 41.1 Å². The molecule has 0 aromatic rings. The predicted octanol–water partition coefficient (Wildman–Crippen LogP) is 1.47. The maximum absolute atomic E-state index is 12.1. The molecule has 0 bridgehead atoms. The van der Waals surface area contributed by atoms with Gasteiger partial charge in [-0.2, -0.15) is 0 Å². The molecule has 2 fully saturated rings. The summed E-state index contributed by atoms with van der Waals surface area (Å²) in [5.74, 6) is 2.20. The summed E-state index contributed by atoms with van der Waals surface area (Å²) in [6, 6.07) is 0.532. The normalized spacial score (nSPS) is 31.1. The van der Waals surface area contributed by atoms with Crippen LogP contribution in [0.5, 0.6) is 0 Å². The van der Waals surface area contributed by atoms with Crippen molar-refractivity contribution in [3.63, 3.8) is 0 Å². The highest BCUT2D eigenvalue weighted by Crippen LogP contribution is 2.19. The minimum absolute atomic E-state index is 0. The Morgan fingerprint density at radius 2 is 2.27 bits per heavy atom. The second-order valence-electron chi connectivity index (χ2n) is 4.15. The van der Waals surface area contributed by atoms with Crippen molar-refractivity contribution in [2.24, 2.45) is 0 Å². The largest absolute Gasteiger partial charge is 0.339 e. The molecule has 1 unspecified atom stereocenters. The Morgan fingerprint density at radius 3 is 2.87 bits per heavy atom. The first-order valence-electron chi connectivity index (χ1n) is 5.40. The molecular weight excluding hydrogens is 232 g/mol. The summed E-state index contributed by atoms with van der Waals surface area (Å²) in [4.78, 5) is 14.1. The second-order valence-corrected chi connectivity index (χ2v) is 5.18. The topological polar surface area (TPSA) is 32.3 Å². The van der Waals surface area contributed by atoms with E-state index >= 15 is 0 Å². The van der Waals surface area contributed by atoms with Crippen LogP contribution in [0.3, 0.4) is 0 Å². The molecule has 15 heavy (non-hydrogen) atoms. The predicted molar refractivity (Wildman–Crippen MR) is 66.5 cm³/mol. The first kappa shape index (κ1) is 13.1. The van der Waals surface area contributed by atoms with Crippen molar-refractivity contribution in [3.05, 3.63) is 0 Å². The Kier molecular flexibility index (Phi) is 5.23. The van der Waals surface area contributed by atoms with Gasteiger partial charge < -0.3 is 4.90 Å². The van der Waals surface area contributed by atoms with E-state index in [1.807, 2.05) is 11.8 Å². The second kappa shape index (κ2) is 5.97. The van der Waals surface area contributed by atoms with Gasteiger partial charge in [0.1, 0.15) is 0 Å². The molecular formula is C10H19ClN2OS. The minimum atomic E-state index is 0. The van der Waals surface area contributed by atoms with Crippen LogP contribution >= 0.6 is 24.2 Å². The number of nitrogens with zero attached hydrogens (tertiary/aromatic N) is 1. The van der Waals surface area contributed by atoms with Crippen molar-refractivity contribution >= 4 is 30.1 Å². The molecule has 2 heterocycles. The van der Waals surface area contributed by atoms with Crippen molar-refractivity contribution in [3.8, 4) is 0 Å². The summed E-state index contributed by atoms with van der Waals surface area (Å²) in [5.41, 5.74) is 0. The number of halogens is 1. The zero-order valence-electron chi connectivity index (χ0n) is 9.07. The van der Waals surface area contributed by atoms with Crippen LogP contribution in [0.2, 0.25) is 0 Å². The SMILES string of the molecule is CC1CCCCN1C(=O)[C@H]1CSCN1.Cl. The Bertz CT molecular complexity index is 221. The van der Waals surface area contributed by atoms with Crippen LogP contribution in [0.15, 0.2) is 0 Å². The molecule has 0 aromatic heterocycles. The van der Waals surface area contributed by atoms with E-state index in [4.69, 9.17) is 0 Å². The number of thioether (sulfide) groups is 1. The van der Waals surface area contributed by atoms with E-state index in [1.54, 1.807) is 0 Å². The lowest BCUT2D eigenvalue weighted by Gasteiger charge is -2.35. The van der Waals surface area contributed by atoms with Crippen molar-refractivity contribution in [1.29, 1.82) is 0 Å². The third-order valence-electron chi connectivity index (χ3n) is 3.10. The van der Waals surface area contributed by atoms with E-state index in [1.165, 1.54) is 19.3 Å². The maximum Gasteiger partial charge on any atom is 0.240 e. The lowest BCUT2D eigenvalue weighted by atomic mass is 10.0. The van der Waals surface area contributed by atoms with Crippen molar-refractivity contribution in [2.75, 3.05) is 18.2 Å². The van der Waals surface area contributed by atoms with Gasteiger partial charge in [-0.3, -0.25) is 10.1 Å². The average molecular weight is 251 g/mol. The number of amides is 1. The summed E-state index contributed by atoms with van der Waals surface area (Å²) >= 11 is 1.82. The molecule has 3 nitrogen and oxygen atoms in total. The summed E-state index contributed by atoms with van der Waals surface area (Å²) in [7, 11) is 0. The molecule has 5 heteroatoms. The smallest absolute Gasteiger partial charge is 0.240 e. The standard InChI is InChI=1S/C10H18N2OS.ClH/c1-8-4-2-3-5-12(8)10(13)9-6-14-7-11-9;/h8-9,11H,2-7H2,1H3;1H/t8?,9-;/m1./s1. The number of carbonyl (C=O) groups is 1. The van der Waals surface area contributed by atoms with Gasteiger partial charge in [0.05, 0.1) is 6.04 Å².